The van der Waals surface area contributed by atoms with Crippen molar-refractivity contribution in [3.63, 3.8) is 0 Å². The summed E-state index contributed by atoms with van der Waals surface area (Å²) in [5.41, 5.74) is 1.32. The molecule has 2 aliphatic heterocycles. The van der Waals surface area contributed by atoms with Crippen molar-refractivity contribution in [2.75, 3.05) is 69.4 Å². The van der Waals surface area contributed by atoms with E-state index in [2.05, 4.69) is 4.90 Å². The third-order valence-corrected chi connectivity index (χ3v) is 7.73. The van der Waals surface area contributed by atoms with Crippen LogP contribution in [-0.4, -0.2) is 77.2 Å². The van der Waals surface area contributed by atoms with Crippen molar-refractivity contribution in [2.45, 2.75) is 4.90 Å². The Morgan fingerprint density at radius 3 is 2.16 bits per heavy atom. The minimum Gasteiger partial charge on any atom is -0.497 e. The zero-order chi connectivity index (χ0) is 22.7. The molecule has 2 aliphatic rings. The summed E-state index contributed by atoms with van der Waals surface area (Å²) in [7, 11) is -2.27. The van der Waals surface area contributed by atoms with E-state index >= 15 is 0 Å². The molecule has 0 spiro atoms. The number of morpholine rings is 1. The van der Waals surface area contributed by atoms with Crippen LogP contribution in [0.25, 0.3) is 0 Å². The van der Waals surface area contributed by atoms with E-state index in [1.54, 1.807) is 13.2 Å². The fourth-order valence-electron chi connectivity index (χ4n) is 4.01. The molecule has 2 fully saturated rings. The number of anilines is 2. The molecule has 32 heavy (non-hydrogen) atoms. The van der Waals surface area contributed by atoms with Crippen LogP contribution in [0.15, 0.2) is 47.4 Å². The number of sulfonamides is 1. The second-order valence-corrected chi connectivity index (χ2v) is 9.50. The number of nitro groups is 1. The minimum absolute atomic E-state index is 0.0218. The standard InChI is InChI=1S/C21H26N4O6S/c1-30-19-5-2-17(3-6-19)22-8-10-23(11-9-22)20-7-4-18(25(26)27)16-21(20)32(28,29)24-12-14-31-15-13-24/h2-7,16H,8-15H2,1H3. The summed E-state index contributed by atoms with van der Waals surface area (Å²) in [5.74, 6) is 0.788. The van der Waals surface area contributed by atoms with Crippen molar-refractivity contribution < 1.29 is 22.8 Å². The molecule has 0 aromatic heterocycles. The lowest BCUT2D eigenvalue weighted by Crippen LogP contribution is -2.47. The van der Waals surface area contributed by atoms with Gasteiger partial charge in [-0.1, -0.05) is 0 Å². The third kappa shape index (κ3) is 4.50. The number of nitro benzene ring substituents is 1. The normalized spacial score (nSPS) is 17.9. The summed E-state index contributed by atoms with van der Waals surface area (Å²) in [4.78, 5) is 15.0. The van der Waals surface area contributed by atoms with Gasteiger partial charge in [0.05, 0.1) is 30.9 Å². The largest absolute Gasteiger partial charge is 0.497 e. The summed E-state index contributed by atoms with van der Waals surface area (Å²) >= 11 is 0. The SMILES string of the molecule is COc1ccc(N2CCN(c3ccc([N+](=O)[O-])cc3S(=O)(=O)N3CCOCC3)CC2)cc1. The van der Waals surface area contributed by atoms with Gasteiger partial charge in [-0.15, -0.1) is 0 Å². The van der Waals surface area contributed by atoms with Gasteiger partial charge in [0.1, 0.15) is 10.6 Å². The summed E-state index contributed by atoms with van der Waals surface area (Å²) in [6, 6.07) is 11.9. The van der Waals surface area contributed by atoms with Gasteiger partial charge < -0.3 is 19.3 Å². The highest BCUT2D eigenvalue weighted by Gasteiger charge is 2.32. The number of ether oxygens (including phenoxy) is 2. The van der Waals surface area contributed by atoms with E-state index in [0.717, 1.165) is 11.4 Å². The third-order valence-electron chi connectivity index (χ3n) is 5.80. The number of nitrogens with zero attached hydrogens (tertiary/aromatic N) is 4. The van der Waals surface area contributed by atoms with E-state index in [1.807, 2.05) is 29.2 Å². The summed E-state index contributed by atoms with van der Waals surface area (Å²) in [5, 5.41) is 11.3. The summed E-state index contributed by atoms with van der Waals surface area (Å²) < 4.78 is 38.6. The van der Waals surface area contributed by atoms with Crippen molar-refractivity contribution >= 4 is 27.1 Å². The first-order valence-corrected chi connectivity index (χ1v) is 11.8. The van der Waals surface area contributed by atoms with Crippen LogP contribution in [-0.2, 0) is 14.8 Å². The predicted octanol–water partition coefficient (Wildman–Crippen LogP) is 1.95. The molecule has 0 bridgehead atoms. The first-order chi connectivity index (χ1) is 15.4. The van der Waals surface area contributed by atoms with Crippen molar-refractivity contribution in [3.8, 4) is 5.75 Å². The molecule has 10 nitrogen and oxygen atoms in total. The first-order valence-electron chi connectivity index (χ1n) is 10.4. The zero-order valence-corrected chi connectivity index (χ0v) is 18.7. The highest BCUT2D eigenvalue weighted by molar-refractivity contribution is 7.89. The molecule has 2 aromatic rings. The Hall–Kier alpha value is -2.89. The van der Waals surface area contributed by atoms with Gasteiger partial charge in [0.25, 0.3) is 5.69 Å². The lowest BCUT2D eigenvalue weighted by Gasteiger charge is -2.38. The molecule has 0 saturated carbocycles. The van der Waals surface area contributed by atoms with Crippen LogP contribution in [0, 0.1) is 10.1 Å². The van der Waals surface area contributed by atoms with Crippen LogP contribution in [0.1, 0.15) is 0 Å². The highest BCUT2D eigenvalue weighted by atomic mass is 32.2. The molecule has 4 rings (SSSR count). The maximum atomic E-state index is 13.4. The van der Waals surface area contributed by atoms with E-state index in [1.165, 1.54) is 16.4 Å². The number of non-ortho nitro benzene ring substituents is 1. The van der Waals surface area contributed by atoms with Gasteiger partial charge in [0.2, 0.25) is 10.0 Å². The average Bonchev–Trinajstić information content (AvgIpc) is 2.84. The van der Waals surface area contributed by atoms with E-state index < -0.39 is 14.9 Å². The van der Waals surface area contributed by atoms with Gasteiger partial charge >= 0.3 is 0 Å². The number of benzene rings is 2. The second kappa shape index (κ2) is 9.31. The van der Waals surface area contributed by atoms with Gasteiger partial charge in [-0.05, 0) is 30.3 Å². The molecule has 11 heteroatoms. The van der Waals surface area contributed by atoms with Gasteiger partial charge in [0.15, 0.2) is 0 Å². The van der Waals surface area contributed by atoms with Gasteiger partial charge in [-0.25, -0.2) is 8.42 Å². The molecule has 2 aromatic carbocycles. The Morgan fingerprint density at radius 1 is 0.938 bits per heavy atom. The molecule has 172 valence electrons. The molecule has 0 amide bonds. The number of rotatable bonds is 6. The Bertz CT molecular complexity index is 1060. The van der Waals surface area contributed by atoms with Crippen LogP contribution in [0.4, 0.5) is 17.1 Å². The lowest BCUT2D eigenvalue weighted by molar-refractivity contribution is -0.385. The smallest absolute Gasteiger partial charge is 0.270 e. The molecule has 0 atom stereocenters. The molecular formula is C21H26N4O6S. The Labute approximate surface area is 187 Å². The fraction of sp³-hybridized carbons (Fsp3) is 0.429. The van der Waals surface area contributed by atoms with Gasteiger partial charge in [-0.3, -0.25) is 10.1 Å². The van der Waals surface area contributed by atoms with Gasteiger partial charge in [0, 0.05) is 57.1 Å². The quantitative estimate of drug-likeness (QED) is 0.474. The maximum absolute atomic E-state index is 13.4. The van der Waals surface area contributed by atoms with Crippen molar-refractivity contribution in [3.05, 3.63) is 52.6 Å². The minimum atomic E-state index is -3.89. The fourth-order valence-corrected chi connectivity index (χ4v) is 5.65. The topological polar surface area (TPSA) is 105 Å². The lowest BCUT2D eigenvalue weighted by atomic mass is 10.2. The summed E-state index contributed by atoms with van der Waals surface area (Å²) in [6.45, 7) is 3.66. The van der Waals surface area contributed by atoms with E-state index in [9.17, 15) is 18.5 Å². The molecule has 0 aliphatic carbocycles. The second-order valence-electron chi connectivity index (χ2n) is 7.60. The zero-order valence-electron chi connectivity index (χ0n) is 17.8. The Morgan fingerprint density at radius 2 is 1.56 bits per heavy atom. The molecule has 0 unspecified atom stereocenters. The van der Waals surface area contributed by atoms with E-state index in [0.29, 0.717) is 45.1 Å². The maximum Gasteiger partial charge on any atom is 0.270 e. The van der Waals surface area contributed by atoms with Crippen molar-refractivity contribution in [1.29, 1.82) is 0 Å². The average molecular weight is 463 g/mol. The van der Waals surface area contributed by atoms with Crippen molar-refractivity contribution in [1.82, 2.24) is 4.31 Å². The monoisotopic (exact) mass is 462 g/mol. The predicted molar refractivity (Wildman–Crippen MR) is 120 cm³/mol. The molecule has 2 heterocycles. The van der Waals surface area contributed by atoms with Crippen LogP contribution < -0.4 is 14.5 Å². The van der Waals surface area contributed by atoms with Crippen LogP contribution in [0.2, 0.25) is 0 Å². The number of piperazine rings is 1. The molecule has 2 saturated heterocycles. The van der Waals surface area contributed by atoms with Crippen LogP contribution in [0.5, 0.6) is 5.75 Å². The molecule has 0 N–H and O–H groups in total. The molecular weight excluding hydrogens is 436 g/mol. The Balaban J connectivity index is 1.58. The number of hydrogen-bond donors (Lipinski definition) is 0. The van der Waals surface area contributed by atoms with E-state index in [4.69, 9.17) is 9.47 Å². The van der Waals surface area contributed by atoms with E-state index in [-0.39, 0.29) is 23.7 Å². The first kappa shape index (κ1) is 22.3. The van der Waals surface area contributed by atoms with Gasteiger partial charge in [-0.2, -0.15) is 4.31 Å². The van der Waals surface area contributed by atoms with Crippen LogP contribution >= 0.6 is 0 Å². The van der Waals surface area contributed by atoms with Crippen molar-refractivity contribution in [2.24, 2.45) is 0 Å². The highest BCUT2D eigenvalue weighted by Crippen LogP contribution is 2.33. The molecule has 0 radical (unpaired) electrons. The van der Waals surface area contributed by atoms with Crippen LogP contribution in [0.3, 0.4) is 0 Å². The summed E-state index contributed by atoms with van der Waals surface area (Å²) in [6.07, 6.45) is 0. The number of hydrogen-bond acceptors (Lipinski definition) is 8. The number of methoxy groups -OCH3 is 1. The Kier molecular flexibility index (Phi) is 6.49.